The van der Waals surface area contributed by atoms with Crippen molar-refractivity contribution in [1.82, 2.24) is 0 Å². The summed E-state index contributed by atoms with van der Waals surface area (Å²) in [7, 11) is -3.22. The van der Waals surface area contributed by atoms with Gasteiger partial charge in [0, 0.05) is 5.69 Å². The van der Waals surface area contributed by atoms with Crippen molar-refractivity contribution in [1.29, 1.82) is 0 Å². The Kier molecular flexibility index (Phi) is 3.66. The van der Waals surface area contributed by atoms with Gasteiger partial charge in [-0.3, -0.25) is 4.90 Å². The number of aliphatic imine (C=N–C) groups is 2. The van der Waals surface area contributed by atoms with Crippen LogP contribution in [-0.2, 0) is 9.84 Å². The molecule has 1 aromatic carbocycles. The van der Waals surface area contributed by atoms with Gasteiger partial charge in [-0.2, -0.15) is 4.99 Å². The van der Waals surface area contributed by atoms with Gasteiger partial charge in [0.25, 0.3) is 0 Å². The van der Waals surface area contributed by atoms with Crippen LogP contribution >= 0.6 is 0 Å². The Labute approximate surface area is 124 Å². The highest BCUT2D eigenvalue weighted by Crippen LogP contribution is 2.28. The molecule has 8 heteroatoms. The topological polar surface area (TPSA) is 114 Å². The molecule has 0 bridgehead atoms. The fourth-order valence-corrected chi connectivity index (χ4v) is 3.10. The molecule has 0 saturated heterocycles. The predicted octanol–water partition coefficient (Wildman–Crippen LogP) is 0.666. The van der Waals surface area contributed by atoms with Crippen molar-refractivity contribution >= 4 is 27.4 Å². The Bertz CT molecular complexity index is 705. The number of rotatable bonds is 3. The molecule has 1 aliphatic heterocycles. The number of benzene rings is 1. The Morgan fingerprint density at radius 2 is 1.76 bits per heavy atom. The van der Waals surface area contributed by atoms with Crippen LogP contribution in [0.3, 0.4) is 0 Å². The van der Waals surface area contributed by atoms with Gasteiger partial charge < -0.3 is 11.5 Å². The van der Waals surface area contributed by atoms with E-state index in [9.17, 15) is 8.42 Å². The first-order valence-electron chi connectivity index (χ1n) is 6.50. The van der Waals surface area contributed by atoms with Crippen molar-refractivity contribution < 1.29 is 8.42 Å². The second-order valence-electron chi connectivity index (χ2n) is 5.17. The molecule has 2 rings (SSSR count). The highest BCUT2D eigenvalue weighted by atomic mass is 32.2. The smallest absolute Gasteiger partial charge is 0.220 e. The van der Waals surface area contributed by atoms with E-state index in [1.807, 2.05) is 13.8 Å². The van der Waals surface area contributed by atoms with Crippen molar-refractivity contribution in [3.63, 3.8) is 0 Å². The van der Waals surface area contributed by atoms with Crippen molar-refractivity contribution in [2.45, 2.75) is 31.3 Å². The molecule has 0 atom stereocenters. The minimum atomic E-state index is -3.22. The SMILES string of the molecule is CCS(=O)(=O)c1ccc(N2C(N)=NC(N)=NC2(C)C)cc1. The molecule has 1 aromatic rings. The summed E-state index contributed by atoms with van der Waals surface area (Å²) >= 11 is 0. The second-order valence-corrected chi connectivity index (χ2v) is 7.45. The zero-order chi connectivity index (χ0) is 15.8. The van der Waals surface area contributed by atoms with E-state index in [1.165, 1.54) is 0 Å². The van der Waals surface area contributed by atoms with Crippen LogP contribution in [0.25, 0.3) is 0 Å². The first-order chi connectivity index (χ1) is 9.67. The zero-order valence-corrected chi connectivity index (χ0v) is 13.1. The zero-order valence-electron chi connectivity index (χ0n) is 12.2. The molecular formula is C13H19N5O2S. The molecule has 0 unspecified atom stereocenters. The van der Waals surface area contributed by atoms with Gasteiger partial charge in [-0.25, -0.2) is 13.4 Å². The minimum absolute atomic E-state index is 0.0615. The van der Waals surface area contributed by atoms with E-state index in [0.29, 0.717) is 5.69 Å². The Morgan fingerprint density at radius 3 is 2.24 bits per heavy atom. The second kappa shape index (κ2) is 5.03. The summed E-state index contributed by atoms with van der Waals surface area (Å²) < 4.78 is 23.6. The number of nitrogens with zero attached hydrogens (tertiary/aromatic N) is 3. The van der Waals surface area contributed by atoms with Crippen LogP contribution in [0.2, 0.25) is 0 Å². The molecule has 0 aromatic heterocycles. The van der Waals surface area contributed by atoms with Gasteiger partial charge in [0.2, 0.25) is 11.9 Å². The Balaban J connectivity index is 2.42. The van der Waals surface area contributed by atoms with Crippen molar-refractivity contribution in [3.05, 3.63) is 24.3 Å². The molecule has 7 nitrogen and oxygen atoms in total. The van der Waals surface area contributed by atoms with E-state index < -0.39 is 15.5 Å². The number of guanidine groups is 2. The maximum absolute atomic E-state index is 11.8. The summed E-state index contributed by atoms with van der Waals surface area (Å²) in [5, 5.41) is 0. The van der Waals surface area contributed by atoms with E-state index in [1.54, 1.807) is 36.1 Å². The summed E-state index contributed by atoms with van der Waals surface area (Å²) in [5.41, 5.74) is 11.5. The fraction of sp³-hybridized carbons (Fsp3) is 0.385. The Morgan fingerprint density at radius 1 is 1.19 bits per heavy atom. The van der Waals surface area contributed by atoms with Crippen LogP contribution in [0.4, 0.5) is 5.69 Å². The first kappa shape index (κ1) is 15.3. The third-order valence-corrected chi connectivity index (χ3v) is 4.98. The molecule has 4 N–H and O–H groups in total. The highest BCUT2D eigenvalue weighted by molar-refractivity contribution is 7.91. The predicted molar refractivity (Wildman–Crippen MR) is 84.0 cm³/mol. The summed E-state index contributed by atoms with van der Waals surface area (Å²) in [5.74, 6) is 0.406. The van der Waals surface area contributed by atoms with Crippen molar-refractivity contribution in [2.75, 3.05) is 10.7 Å². The number of anilines is 1. The summed E-state index contributed by atoms with van der Waals surface area (Å²) in [4.78, 5) is 10.2. The van der Waals surface area contributed by atoms with E-state index in [4.69, 9.17) is 11.5 Å². The monoisotopic (exact) mass is 309 g/mol. The molecule has 21 heavy (non-hydrogen) atoms. The highest BCUT2D eigenvalue weighted by Gasteiger charge is 2.33. The van der Waals surface area contributed by atoms with Crippen LogP contribution in [0.15, 0.2) is 39.1 Å². The van der Waals surface area contributed by atoms with E-state index in [0.717, 1.165) is 0 Å². The molecular weight excluding hydrogens is 290 g/mol. The number of hydrogen-bond acceptors (Lipinski definition) is 7. The third-order valence-electron chi connectivity index (χ3n) is 3.23. The maximum Gasteiger partial charge on any atom is 0.220 e. The minimum Gasteiger partial charge on any atom is -0.369 e. The van der Waals surface area contributed by atoms with E-state index in [-0.39, 0.29) is 22.6 Å². The van der Waals surface area contributed by atoms with Gasteiger partial charge in [-0.1, -0.05) is 6.92 Å². The lowest BCUT2D eigenvalue weighted by Crippen LogP contribution is -2.54. The molecule has 0 spiro atoms. The first-order valence-corrected chi connectivity index (χ1v) is 8.15. The van der Waals surface area contributed by atoms with Gasteiger partial charge in [-0.15, -0.1) is 0 Å². The number of sulfone groups is 1. The van der Waals surface area contributed by atoms with Crippen LogP contribution in [0.5, 0.6) is 0 Å². The molecule has 0 amide bonds. The van der Waals surface area contributed by atoms with Gasteiger partial charge >= 0.3 is 0 Å². The van der Waals surface area contributed by atoms with Crippen LogP contribution in [0, 0.1) is 0 Å². The number of nitrogens with two attached hydrogens (primary N) is 2. The van der Waals surface area contributed by atoms with Crippen molar-refractivity contribution in [3.8, 4) is 0 Å². The standard InChI is InChI=1S/C13H19N5O2S/c1-4-21(19,20)10-7-5-9(6-8-10)18-12(15)16-11(14)17-13(18,2)3/h5-8H,4H2,1-3H3,(H4,14,15,16,17). The fourth-order valence-electron chi connectivity index (χ4n) is 2.22. The normalized spacial score (nSPS) is 18.1. The maximum atomic E-state index is 11.8. The molecule has 114 valence electrons. The Hall–Kier alpha value is -2.09. The third kappa shape index (κ3) is 2.85. The largest absolute Gasteiger partial charge is 0.369 e. The summed E-state index contributed by atoms with van der Waals surface area (Å²) in [6.45, 7) is 5.30. The van der Waals surface area contributed by atoms with Gasteiger partial charge in [0.15, 0.2) is 9.84 Å². The lowest BCUT2D eigenvalue weighted by atomic mass is 10.1. The lowest BCUT2D eigenvalue weighted by molar-refractivity contribution is 0.534. The van der Waals surface area contributed by atoms with Crippen LogP contribution < -0.4 is 16.4 Å². The van der Waals surface area contributed by atoms with Gasteiger partial charge in [-0.05, 0) is 38.1 Å². The van der Waals surface area contributed by atoms with Crippen LogP contribution in [-0.4, -0.2) is 31.8 Å². The molecule has 0 fully saturated rings. The summed E-state index contributed by atoms with van der Waals surface area (Å²) in [6.07, 6.45) is 0. The molecule has 1 heterocycles. The van der Waals surface area contributed by atoms with E-state index >= 15 is 0 Å². The molecule has 0 aliphatic carbocycles. The lowest BCUT2D eigenvalue weighted by Gasteiger charge is -2.38. The molecule has 0 radical (unpaired) electrons. The molecule has 0 saturated carbocycles. The average molecular weight is 309 g/mol. The number of hydrogen-bond donors (Lipinski definition) is 2. The molecule has 1 aliphatic rings. The summed E-state index contributed by atoms with van der Waals surface area (Å²) in [6, 6.07) is 6.48. The average Bonchev–Trinajstić information content (AvgIpc) is 2.37. The van der Waals surface area contributed by atoms with Crippen molar-refractivity contribution in [2.24, 2.45) is 21.5 Å². The quantitative estimate of drug-likeness (QED) is 0.851. The van der Waals surface area contributed by atoms with Crippen LogP contribution in [0.1, 0.15) is 20.8 Å². The van der Waals surface area contributed by atoms with Gasteiger partial charge in [0.05, 0.1) is 10.6 Å². The van der Waals surface area contributed by atoms with Gasteiger partial charge in [0.1, 0.15) is 5.66 Å². The van der Waals surface area contributed by atoms with E-state index in [2.05, 4.69) is 9.98 Å².